The van der Waals surface area contributed by atoms with Crippen molar-refractivity contribution >= 4 is 13.5 Å². The highest BCUT2D eigenvalue weighted by molar-refractivity contribution is 7.52. The molecule has 11 heavy (non-hydrogen) atoms. The number of oxime groups is 1. The predicted octanol–water partition coefficient (Wildman–Crippen LogP) is 1.07. The Balaban J connectivity index is 2.14. The van der Waals surface area contributed by atoms with Crippen molar-refractivity contribution in [1.82, 2.24) is 0 Å². The second kappa shape index (κ2) is 1.84. The van der Waals surface area contributed by atoms with Crippen LogP contribution in [0.1, 0.15) is 13.3 Å². The van der Waals surface area contributed by atoms with Crippen LogP contribution in [0, 0.1) is 0 Å². The molecule has 6 nitrogen and oxygen atoms in total. The average Bonchev–Trinajstić information content (AvgIpc) is 1.84. The highest BCUT2D eigenvalue weighted by Crippen LogP contribution is 2.80. The maximum absolute atomic E-state index is 10.7. The van der Waals surface area contributed by atoms with Crippen LogP contribution in [-0.4, -0.2) is 16.9 Å². The quantitative estimate of drug-likeness (QED) is 0.297. The predicted molar refractivity (Wildman–Crippen MR) is 33.1 cm³/mol. The topological polar surface area (TPSA) is 77.4 Å². The third kappa shape index (κ3) is 0.724. The van der Waals surface area contributed by atoms with E-state index in [1.54, 1.807) is 6.92 Å². The number of hydrogen-bond acceptors (Lipinski definition) is 6. The van der Waals surface area contributed by atoms with Gasteiger partial charge in [0, 0.05) is 0 Å². The van der Waals surface area contributed by atoms with Gasteiger partial charge in [0.05, 0.1) is 0 Å². The van der Waals surface area contributed by atoms with Gasteiger partial charge in [-0.25, -0.2) is 18.1 Å². The minimum absolute atomic E-state index is 0.190. The van der Waals surface area contributed by atoms with Crippen LogP contribution in [0.2, 0.25) is 0 Å². The van der Waals surface area contributed by atoms with Gasteiger partial charge in [0.2, 0.25) is 0 Å². The fraction of sp³-hybridized carbons (Fsp3) is 0.750. The summed E-state index contributed by atoms with van der Waals surface area (Å²) >= 11 is 0. The van der Waals surface area contributed by atoms with Crippen molar-refractivity contribution in [3.63, 3.8) is 0 Å². The summed E-state index contributed by atoms with van der Waals surface area (Å²) in [6.45, 7) is 1.74. The lowest BCUT2D eigenvalue weighted by molar-refractivity contribution is -0.384. The highest BCUT2D eigenvalue weighted by Gasteiger charge is 2.77. The molecule has 3 fully saturated rings. The Kier molecular flexibility index (Phi) is 1.21. The van der Waals surface area contributed by atoms with Crippen LogP contribution >= 0.6 is 7.82 Å². The molecule has 0 aliphatic carbocycles. The van der Waals surface area contributed by atoms with Crippen molar-refractivity contribution in [2.45, 2.75) is 19.3 Å². The average molecular weight is 179 g/mol. The third-order valence-corrected chi connectivity index (χ3v) is 2.90. The number of phosphoric acid groups is 1. The van der Waals surface area contributed by atoms with Crippen LogP contribution in [0.25, 0.3) is 0 Å². The van der Waals surface area contributed by atoms with Gasteiger partial charge < -0.3 is 5.21 Å². The van der Waals surface area contributed by atoms with Crippen molar-refractivity contribution in [2.24, 2.45) is 5.16 Å². The van der Waals surface area contributed by atoms with Crippen LogP contribution in [0.5, 0.6) is 0 Å². The van der Waals surface area contributed by atoms with Gasteiger partial charge in [-0.3, -0.25) is 0 Å². The summed E-state index contributed by atoms with van der Waals surface area (Å²) in [4.78, 5) is 0. The van der Waals surface area contributed by atoms with Gasteiger partial charge in [-0.1, -0.05) is 12.1 Å². The molecule has 0 amide bonds. The molecular formula is C4H6NO5P. The van der Waals surface area contributed by atoms with E-state index < -0.39 is 13.8 Å². The van der Waals surface area contributed by atoms with E-state index in [-0.39, 0.29) is 5.71 Å². The molecule has 1 N–H and O–H groups in total. The fourth-order valence-electron chi connectivity index (χ4n) is 0.969. The van der Waals surface area contributed by atoms with E-state index in [0.29, 0.717) is 6.42 Å². The van der Waals surface area contributed by atoms with Gasteiger partial charge in [0.25, 0.3) is 0 Å². The first kappa shape index (κ1) is 7.24. The van der Waals surface area contributed by atoms with Crippen LogP contribution in [-0.2, 0) is 18.1 Å². The maximum Gasteiger partial charge on any atom is 0.488 e. The van der Waals surface area contributed by atoms with Crippen LogP contribution in [0.15, 0.2) is 5.16 Å². The first-order valence-electron chi connectivity index (χ1n) is 3.08. The fourth-order valence-corrected chi connectivity index (χ4v) is 2.21. The van der Waals surface area contributed by atoms with E-state index in [0.717, 1.165) is 0 Å². The molecule has 3 aliphatic rings. The maximum atomic E-state index is 10.7. The number of nitrogens with zero attached hydrogens (tertiary/aromatic N) is 1. The van der Waals surface area contributed by atoms with Gasteiger partial charge in [-0.15, -0.1) is 0 Å². The van der Waals surface area contributed by atoms with E-state index in [4.69, 9.17) is 5.21 Å². The summed E-state index contributed by atoms with van der Waals surface area (Å²) in [6, 6.07) is 0. The Bertz CT molecular complexity index is 247. The molecule has 0 saturated carbocycles. The molecule has 0 aromatic heterocycles. The zero-order valence-corrected chi connectivity index (χ0v) is 6.58. The molecule has 0 atom stereocenters. The largest absolute Gasteiger partial charge is 0.488 e. The monoisotopic (exact) mass is 179 g/mol. The molecule has 3 rings (SSSR count). The summed E-state index contributed by atoms with van der Waals surface area (Å²) in [6.07, 6.45) is 0.413. The van der Waals surface area contributed by atoms with Crippen molar-refractivity contribution in [3.8, 4) is 0 Å². The lowest BCUT2D eigenvalue weighted by Gasteiger charge is -2.54. The standard InChI is InChI=1S/C4H6NO5P/c1-2-3(5-6)4-8-11(7,9-4)10-4/h6H,2H2,1H3/b5-3+. The molecule has 0 radical (unpaired) electrons. The molecule has 3 aliphatic heterocycles. The molecule has 0 aromatic rings. The van der Waals surface area contributed by atoms with Crippen LogP contribution < -0.4 is 0 Å². The second-order valence-corrected chi connectivity index (χ2v) is 3.62. The molecule has 3 saturated heterocycles. The first-order chi connectivity index (χ1) is 5.14. The van der Waals surface area contributed by atoms with Gasteiger partial charge >= 0.3 is 13.8 Å². The number of hydrogen-bond donors (Lipinski definition) is 1. The van der Waals surface area contributed by atoms with Crippen molar-refractivity contribution < 1.29 is 23.3 Å². The van der Waals surface area contributed by atoms with E-state index in [1.165, 1.54) is 0 Å². The summed E-state index contributed by atoms with van der Waals surface area (Å²) in [7, 11) is -3.16. The first-order valence-corrected chi connectivity index (χ1v) is 4.54. The van der Waals surface area contributed by atoms with Crippen molar-refractivity contribution in [2.75, 3.05) is 0 Å². The highest BCUT2D eigenvalue weighted by atomic mass is 31.2. The summed E-state index contributed by atoms with van der Waals surface area (Å²) < 4.78 is 24.7. The number of phosphoric ester groups is 1. The van der Waals surface area contributed by atoms with Gasteiger partial charge in [0.1, 0.15) is 5.71 Å². The summed E-state index contributed by atoms with van der Waals surface area (Å²) in [5.74, 6) is -1.42. The minimum atomic E-state index is -3.16. The Morgan fingerprint density at radius 2 is 2.18 bits per heavy atom. The molecule has 3 heterocycles. The van der Waals surface area contributed by atoms with E-state index in [2.05, 4.69) is 18.7 Å². The third-order valence-electron chi connectivity index (χ3n) is 1.50. The van der Waals surface area contributed by atoms with Gasteiger partial charge in [0.15, 0.2) is 0 Å². The zero-order chi connectivity index (χ0) is 8.11. The molecule has 62 valence electrons. The zero-order valence-electron chi connectivity index (χ0n) is 5.68. The smallest absolute Gasteiger partial charge is 0.411 e. The van der Waals surface area contributed by atoms with E-state index >= 15 is 0 Å². The van der Waals surface area contributed by atoms with Gasteiger partial charge in [-0.2, -0.15) is 0 Å². The molecule has 2 bridgehead atoms. The van der Waals surface area contributed by atoms with Gasteiger partial charge in [-0.05, 0) is 6.42 Å². The summed E-state index contributed by atoms with van der Waals surface area (Å²) in [5, 5.41) is 11.3. The summed E-state index contributed by atoms with van der Waals surface area (Å²) in [5.41, 5.74) is 0.190. The Morgan fingerprint density at radius 3 is 2.45 bits per heavy atom. The lowest BCUT2D eigenvalue weighted by atomic mass is 10.2. The SMILES string of the molecule is CC/C(=N\O)C12OP(=O)(O1)O2. The van der Waals surface area contributed by atoms with Crippen molar-refractivity contribution in [3.05, 3.63) is 0 Å². The van der Waals surface area contributed by atoms with Crippen LogP contribution in [0.4, 0.5) is 0 Å². The molecule has 0 unspecified atom stereocenters. The molecule has 0 spiro atoms. The van der Waals surface area contributed by atoms with E-state index in [1.807, 2.05) is 0 Å². The number of rotatable bonds is 2. The Hall–Kier alpha value is -0.420. The van der Waals surface area contributed by atoms with Crippen LogP contribution in [0.3, 0.4) is 0 Å². The van der Waals surface area contributed by atoms with Crippen molar-refractivity contribution in [1.29, 1.82) is 0 Å². The molecule has 0 aromatic carbocycles. The molecular weight excluding hydrogens is 173 g/mol. The van der Waals surface area contributed by atoms with E-state index in [9.17, 15) is 4.57 Å². The second-order valence-electron chi connectivity index (χ2n) is 2.18. The lowest BCUT2D eigenvalue weighted by Crippen LogP contribution is -2.62. The minimum Gasteiger partial charge on any atom is -0.411 e. The molecule has 7 heteroatoms. The Morgan fingerprint density at radius 1 is 1.64 bits per heavy atom. The Labute approximate surface area is 62.4 Å². The normalized spacial score (nSPS) is 47.9.